The lowest BCUT2D eigenvalue weighted by molar-refractivity contribution is 0.0757. The van der Waals surface area contributed by atoms with E-state index in [-0.39, 0.29) is 17.8 Å². The molecule has 3 heteroatoms. The minimum absolute atomic E-state index is 0.132. The third-order valence-electron chi connectivity index (χ3n) is 3.53. The van der Waals surface area contributed by atoms with Crippen LogP contribution in [0.5, 0.6) is 0 Å². The van der Waals surface area contributed by atoms with Gasteiger partial charge >= 0.3 is 0 Å². The van der Waals surface area contributed by atoms with E-state index in [1.807, 2.05) is 67.6 Å². The lowest BCUT2D eigenvalue weighted by atomic mass is 9.90. The molecule has 0 bridgehead atoms. The standard InChI is InChI=1S/C19H24O2Si/c1-15(18(20)16-11-7-5-8-12-16)19(21-22(2,3)4)17-13-9-6-10-14-17/h5-15,19H,1-4H3/t15-,19+/m1/s1. The molecule has 116 valence electrons. The minimum atomic E-state index is -1.76. The Kier molecular flexibility index (Phi) is 5.32. The van der Waals surface area contributed by atoms with E-state index in [2.05, 4.69) is 19.6 Å². The average Bonchev–Trinajstić information content (AvgIpc) is 2.52. The lowest BCUT2D eigenvalue weighted by Crippen LogP contribution is -2.33. The number of ketones is 1. The SMILES string of the molecule is C[C@H](C(=O)c1ccccc1)[C@H](O[Si](C)(C)C)c1ccccc1. The summed E-state index contributed by atoms with van der Waals surface area (Å²) < 4.78 is 6.35. The van der Waals surface area contributed by atoms with Crippen molar-refractivity contribution < 1.29 is 9.22 Å². The molecule has 2 atom stereocenters. The first-order valence-corrected chi connectivity index (χ1v) is 11.1. The normalized spacial score (nSPS) is 14.4. The fourth-order valence-corrected chi connectivity index (χ4v) is 3.59. The van der Waals surface area contributed by atoms with Crippen LogP contribution >= 0.6 is 0 Å². The molecule has 0 saturated heterocycles. The molecule has 0 unspecified atom stereocenters. The lowest BCUT2D eigenvalue weighted by Gasteiger charge is -2.30. The quantitative estimate of drug-likeness (QED) is 0.548. The number of rotatable bonds is 6. The van der Waals surface area contributed by atoms with E-state index in [4.69, 9.17) is 4.43 Å². The number of Topliss-reactive ketones (excluding diaryl/α,β-unsaturated/α-hetero) is 1. The Bertz CT molecular complexity index is 602. The van der Waals surface area contributed by atoms with Crippen molar-refractivity contribution in [1.29, 1.82) is 0 Å². The van der Waals surface area contributed by atoms with Gasteiger partial charge in [-0.15, -0.1) is 0 Å². The highest BCUT2D eigenvalue weighted by molar-refractivity contribution is 6.69. The highest BCUT2D eigenvalue weighted by Crippen LogP contribution is 2.31. The first-order chi connectivity index (χ1) is 10.4. The maximum Gasteiger partial charge on any atom is 0.184 e. The Labute approximate surface area is 134 Å². The molecule has 0 aliphatic heterocycles. The first-order valence-electron chi connectivity index (χ1n) is 7.70. The summed E-state index contributed by atoms with van der Waals surface area (Å²) >= 11 is 0. The maximum atomic E-state index is 12.8. The van der Waals surface area contributed by atoms with Crippen LogP contribution in [-0.2, 0) is 4.43 Å². The van der Waals surface area contributed by atoms with Crippen molar-refractivity contribution in [3.8, 4) is 0 Å². The topological polar surface area (TPSA) is 26.3 Å². The molecular weight excluding hydrogens is 288 g/mol. The van der Waals surface area contributed by atoms with Gasteiger partial charge < -0.3 is 4.43 Å². The molecule has 2 aromatic rings. The number of benzene rings is 2. The van der Waals surface area contributed by atoms with E-state index in [1.165, 1.54) is 0 Å². The molecule has 0 N–H and O–H groups in total. The Balaban J connectivity index is 2.30. The van der Waals surface area contributed by atoms with E-state index in [1.54, 1.807) is 0 Å². The van der Waals surface area contributed by atoms with E-state index >= 15 is 0 Å². The van der Waals surface area contributed by atoms with E-state index < -0.39 is 8.32 Å². The number of hydrogen-bond donors (Lipinski definition) is 0. The zero-order valence-corrected chi connectivity index (χ0v) is 14.7. The molecule has 0 saturated carbocycles. The molecule has 0 aromatic heterocycles. The second kappa shape index (κ2) is 7.03. The van der Waals surface area contributed by atoms with Gasteiger partial charge in [-0.25, -0.2) is 0 Å². The fraction of sp³-hybridized carbons (Fsp3) is 0.316. The van der Waals surface area contributed by atoms with E-state index in [0.717, 1.165) is 11.1 Å². The highest BCUT2D eigenvalue weighted by Gasteiger charge is 2.31. The molecule has 0 aliphatic carbocycles. The predicted molar refractivity (Wildman–Crippen MR) is 93.6 cm³/mol. The monoisotopic (exact) mass is 312 g/mol. The molecule has 22 heavy (non-hydrogen) atoms. The van der Waals surface area contributed by atoms with Gasteiger partial charge in [-0.2, -0.15) is 0 Å². The molecule has 0 spiro atoms. The summed E-state index contributed by atoms with van der Waals surface area (Å²) in [6.45, 7) is 8.43. The molecule has 0 radical (unpaired) electrons. The molecule has 2 nitrogen and oxygen atoms in total. The molecule has 0 aliphatic rings. The number of carbonyl (C=O) groups is 1. The van der Waals surface area contributed by atoms with Crippen molar-refractivity contribution in [2.45, 2.75) is 32.7 Å². The van der Waals surface area contributed by atoms with Crippen LogP contribution in [0.2, 0.25) is 19.6 Å². The smallest absolute Gasteiger partial charge is 0.184 e. The second-order valence-corrected chi connectivity index (χ2v) is 11.0. The van der Waals surface area contributed by atoms with Gasteiger partial charge in [0.05, 0.1) is 6.10 Å². The zero-order chi connectivity index (χ0) is 16.2. The van der Waals surface area contributed by atoms with Gasteiger partial charge in [-0.1, -0.05) is 67.6 Å². The Morgan fingerprint density at radius 1 is 0.909 bits per heavy atom. The molecule has 0 amide bonds. The largest absolute Gasteiger partial charge is 0.410 e. The molecule has 0 fully saturated rings. The minimum Gasteiger partial charge on any atom is -0.410 e. The van der Waals surface area contributed by atoms with Crippen LogP contribution in [0.25, 0.3) is 0 Å². The summed E-state index contributed by atoms with van der Waals surface area (Å²) in [7, 11) is -1.76. The van der Waals surface area contributed by atoms with Gasteiger partial charge in [0.15, 0.2) is 14.1 Å². The summed E-state index contributed by atoms with van der Waals surface area (Å²) in [6.07, 6.45) is -0.194. The van der Waals surface area contributed by atoms with Crippen LogP contribution in [0.3, 0.4) is 0 Å². The fourth-order valence-electron chi connectivity index (χ4n) is 2.49. The van der Waals surface area contributed by atoms with Crippen LogP contribution in [0.15, 0.2) is 60.7 Å². The van der Waals surface area contributed by atoms with Crippen molar-refractivity contribution in [3.63, 3.8) is 0 Å². The van der Waals surface area contributed by atoms with Gasteiger partial charge in [0, 0.05) is 11.5 Å². The average molecular weight is 312 g/mol. The summed E-state index contributed by atoms with van der Waals surface area (Å²) in [6, 6.07) is 19.5. The van der Waals surface area contributed by atoms with Crippen LogP contribution in [0, 0.1) is 5.92 Å². The third-order valence-corrected chi connectivity index (χ3v) is 4.50. The maximum absolute atomic E-state index is 12.8. The van der Waals surface area contributed by atoms with Crippen molar-refractivity contribution in [2.75, 3.05) is 0 Å². The van der Waals surface area contributed by atoms with Crippen molar-refractivity contribution >= 4 is 14.1 Å². The van der Waals surface area contributed by atoms with Gasteiger partial charge in [0.2, 0.25) is 0 Å². The van der Waals surface area contributed by atoms with Crippen molar-refractivity contribution in [1.82, 2.24) is 0 Å². The van der Waals surface area contributed by atoms with Gasteiger partial charge in [-0.3, -0.25) is 4.79 Å². The van der Waals surface area contributed by atoms with E-state index in [9.17, 15) is 4.79 Å². The summed E-state index contributed by atoms with van der Waals surface area (Å²) in [5.74, 6) is -0.0794. The highest BCUT2D eigenvalue weighted by atomic mass is 28.4. The number of hydrogen-bond acceptors (Lipinski definition) is 2. The van der Waals surface area contributed by atoms with Crippen LogP contribution < -0.4 is 0 Å². The summed E-state index contributed by atoms with van der Waals surface area (Å²) in [5, 5.41) is 0. The Hall–Kier alpha value is -1.71. The Morgan fingerprint density at radius 2 is 1.41 bits per heavy atom. The third kappa shape index (κ3) is 4.39. The van der Waals surface area contributed by atoms with Crippen molar-refractivity contribution in [3.05, 3.63) is 71.8 Å². The predicted octanol–water partition coefficient (Wildman–Crippen LogP) is 5.10. The van der Waals surface area contributed by atoms with Gasteiger partial charge in [0.25, 0.3) is 0 Å². The molecule has 2 rings (SSSR count). The van der Waals surface area contributed by atoms with Gasteiger partial charge in [0.1, 0.15) is 0 Å². The first kappa shape index (κ1) is 16.7. The number of carbonyl (C=O) groups excluding carboxylic acids is 1. The zero-order valence-electron chi connectivity index (χ0n) is 13.7. The molecular formula is C19H24O2Si. The van der Waals surface area contributed by atoms with E-state index in [0.29, 0.717) is 0 Å². The second-order valence-electron chi connectivity index (χ2n) is 6.58. The van der Waals surface area contributed by atoms with Crippen molar-refractivity contribution in [2.24, 2.45) is 5.92 Å². The van der Waals surface area contributed by atoms with Crippen LogP contribution in [0.4, 0.5) is 0 Å². The Morgan fingerprint density at radius 3 is 1.91 bits per heavy atom. The van der Waals surface area contributed by atoms with Crippen LogP contribution in [0.1, 0.15) is 28.9 Å². The van der Waals surface area contributed by atoms with Crippen LogP contribution in [-0.4, -0.2) is 14.1 Å². The van der Waals surface area contributed by atoms with Gasteiger partial charge in [-0.05, 0) is 25.2 Å². The molecule has 0 heterocycles. The summed E-state index contributed by atoms with van der Waals surface area (Å²) in [4.78, 5) is 12.8. The summed E-state index contributed by atoms with van der Waals surface area (Å²) in [5.41, 5.74) is 1.82. The molecule has 2 aromatic carbocycles.